The maximum atomic E-state index is 12.7. The standard InChI is InChI=1S/C33H44N7O19P3S/c1-33(2,28(44)31(45)36-10-9-23(41)35-11-12-63-24(42)6-4-3-5-19-7-8-20-21(13-19)54-18-53-20)15-56-62(51,52)59-61(49,50)55-14-22-27(58-60(46,47)48)26(43)32(57-22)40-17-39-25-29(34)37-16-38-30(25)40/h3-8,13,16-17,22,26-28,32,43-44H,9-12,14-15,18H2,1-2H3,(H,35,41)(H,36,45)(H,49,50)(H,51,52)(H2,34,37,38)(H2,46,47,48)/b5-3+,6-4+/t22-,26-,27-,28?,32-/m1/s1. The lowest BCUT2D eigenvalue weighted by Gasteiger charge is -2.30. The summed E-state index contributed by atoms with van der Waals surface area (Å²) < 4.78 is 72.9. The summed E-state index contributed by atoms with van der Waals surface area (Å²) in [5, 5.41) is 26.2. The molecular weight excluding hydrogens is 923 g/mol. The number of phosphoric ester groups is 3. The molecule has 26 nitrogen and oxygen atoms in total. The van der Waals surface area contributed by atoms with Gasteiger partial charge in [-0.1, -0.05) is 49.9 Å². The summed E-state index contributed by atoms with van der Waals surface area (Å²) >= 11 is 0.976. The third-order valence-corrected chi connectivity index (χ3v) is 12.7. The number of anilines is 1. The van der Waals surface area contributed by atoms with Crippen molar-refractivity contribution in [2.45, 2.75) is 50.9 Å². The number of phosphoric acid groups is 3. The van der Waals surface area contributed by atoms with Crippen molar-refractivity contribution in [2.24, 2.45) is 5.41 Å². The van der Waals surface area contributed by atoms with Gasteiger partial charge in [0.1, 0.15) is 36.3 Å². The maximum absolute atomic E-state index is 12.7. The van der Waals surface area contributed by atoms with Crippen molar-refractivity contribution in [1.82, 2.24) is 30.2 Å². The molecule has 63 heavy (non-hydrogen) atoms. The fraction of sp³-hybridized carbons (Fsp3) is 0.455. The number of carbonyl (C=O) groups is 3. The summed E-state index contributed by atoms with van der Waals surface area (Å²) in [7, 11) is -16.4. The first-order valence-electron chi connectivity index (χ1n) is 18.3. The highest BCUT2D eigenvalue weighted by Gasteiger charge is 2.50. The number of thioether (sulfide) groups is 1. The van der Waals surface area contributed by atoms with Crippen molar-refractivity contribution in [3.05, 3.63) is 54.6 Å². The van der Waals surface area contributed by atoms with Gasteiger partial charge in [0.05, 0.1) is 19.5 Å². The van der Waals surface area contributed by atoms with E-state index in [1.165, 1.54) is 19.9 Å². The molecular formula is C33H44N7O19P3S. The highest BCUT2D eigenvalue weighted by atomic mass is 32.2. The predicted molar refractivity (Wildman–Crippen MR) is 218 cm³/mol. The highest BCUT2D eigenvalue weighted by Crippen LogP contribution is 2.61. The van der Waals surface area contributed by atoms with Gasteiger partial charge in [0.2, 0.25) is 23.7 Å². The molecule has 2 aromatic heterocycles. The number of hydrogen-bond acceptors (Lipinski definition) is 20. The van der Waals surface area contributed by atoms with Gasteiger partial charge in [-0.05, 0) is 23.8 Å². The van der Waals surface area contributed by atoms with Crippen LogP contribution < -0.4 is 25.8 Å². The normalized spacial score (nSPS) is 21.4. The van der Waals surface area contributed by atoms with Crippen molar-refractivity contribution in [3.63, 3.8) is 0 Å². The van der Waals surface area contributed by atoms with Crippen LogP contribution in [0, 0.1) is 5.41 Å². The number of ether oxygens (including phenoxy) is 3. The second-order valence-corrected chi connectivity index (χ2v) is 19.4. The number of nitrogens with zero attached hydrogens (tertiary/aromatic N) is 4. The van der Waals surface area contributed by atoms with Gasteiger partial charge < -0.3 is 60.4 Å². The van der Waals surface area contributed by atoms with Gasteiger partial charge >= 0.3 is 23.5 Å². The lowest BCUT2D eigenvalue weighted by atomic mass is 9.87. The Kier molecular flexibility index (Phi) is 16.8. The molecule has 0 radical (unpaired) electrons. The molecule has 0 spiro atoms. The fourth-order valence-corrected chi connectivity index (χ4v) is 9.06. The van der Waals surface area contributed by atoms with Crippen LogP contribution in [-0.4, -0.2) is 130 Å². The number of rotatable bonds is 22. The second-order valence-electron chi connectivity index (χ2n) is 14.1. The van der Waals surface area contributed by atoms with E-state index < -0.39 is 84.6 Å². The van der Waals surface area contributed by atoms with Gasteiger partial charge in [0.25, 0.3) is 0 Å². The lowest BCUT2D eigenvalue weighted by molar-refractivity contribution is -0.137. The average molecular weight is 968 g/mol. The van der Waals surface area contributed by atoms with E-state index >= 15 is 0 Å². The van der Waals surface area contributed by atoms with Crippen LogP contribution >= 0.6 is 35.2 Å². The number of aliphatic hydroxyl groups excluding tert-OH is 2. The SMILES string of the molecule is CC(C)(COP(=O)(O)OP(=O)(O)OC[C@H]1O[C@@H](n2cnc3c(N)ncnc32)[C@H](O)[C@@H]1OP(=O)(O)O)C(O)C(=O)NCCC(=O)NCCSC(=O)/C=C/C=C/c1ccc2c(c1)OCO2. The first-order valence-corrected chi connectivity index (χ1v) is 23.8. The summed E-state index contributed by atoms with van der Waals surface area (Å²) in [5.74, 6) is 0.0522. The molecule has 2 aliphatic rings. The summed E-state index contributed by atoms with van der Waals surface area (Å²) in [6.07, 6.45) is -0.579. The van der Waals surface area contributed by atoms with Crippen LogP contribution in [0.4, 0.5) is 5.82 Å². The molecule has 4 heterocycles. The van der Waals surface area contributed by atoms with Crippen LogP contribution in [0.1, 0.15) is 32.1 Å². The Hall–Kier alpha value is -4.14. The molecule has 0 bridgehead atoms. The van der Waals surface area contributed by atoms with Gasteiger partial charge in [-0.3, -0.25) is 32.5 Å². The molecule has 10 N–H and O–H groups in total. The van der Waals surface area contributed by atoms with Crippen molar-refractivity contribution in [3.8, 4) is 11.5 Å². The van der Waals surface area contributed by atoms with E-state index in [0.717, 1.165) is 34.5 Å². The fourth-order valence-electron chi connectivity index (χ4n) is 5.65. The van der Waals surface area contributed by atoms with Gasteiger partial charge in [0, 0.05) is 30.7 Å². The molecule has 346 valence electrons. The van der Waals surface area contributed by atoms with Gasteiger partial charge in [-0.25, -0.2) is 28.6 Å². The molecule has 3 unspecified atom stereocenters. The van der Waals surface area contributed by atoms with Crippen LogP contribution in [0.15, 0.2) is 49.1 Å². The molecule has 1 saturated heterocycles. The van der Waals surface area contributed by atoms with E-state index in [2.05, 4.69) is 34.4 Å². The van der Waals surface area contributed by atoms with E-state index in [1.54, 1.807) is 30.4 Å². The van der Waals surface area contributed by atoms with Crippen molar-refractivity contribution < 1.29 is 90.0 Å². The van der Waals surface area contributed by atoms with E-state index in [9.17, 15) is 57.9 Å². The Morgan fingerprint density at radius 2 is 1.76 bits per heavy atom. The third kappa shape index (κ3) is 14.4. The lowest BCUT2D eigenvalue weighted by Crippen LogP contribution is -2.46. The van der Waals surface area contributed by atoms with E-state index in [-0.39, 0.29) is 54.2 Å². The second kappa shape index (κ2) is 21.2. The van der Waals surface area contributed by atoms with Crippen LogP contribution in [-0.2, 0) is 50.7 Å². The highest BCUT2D eigenvalue weighted by molar-refractivity contribution is 8.14. The number of aliphatic hydroxyl groups is 2. The molecule has 5 rings (SSSR count). The first-order chi connectivity index (χ1) is 29.5. The Morgan fingerprint density at radius 3 is 2.51 bits per heavy atom. The number of nitrogens with one attached hydrogen (secondary N) is 2. The summed E-state index contributed by atoms with van der Waals surface area (Å²) in [6, 6.07) is 5.43. The third-order valence-electron chi connectivity index (χ3n) is 8.77. The Morgan fingerprint density at radius 1 is 1.03 bits per heavy atom. The number of imidazole rings is 1. The van der Waals surface area contributed by atoms with Gasteiger partial charge in [0.15, 0.2) is 29.2 Å². The number of hydrogen-bond donors (Lipinski definition) is 9. The molecule has 2 amide bonds. The topological polar surface area (TPSA) is 382 Å². The number of benzene rings is 1. The number of amides is 2. The van der Waals surface area contributed by atoms with E-state index in [4.69, 9.17) is 29.0 Å². The molecule has 0 aliphatic carbocycles. The summed E-state index contributed by atoms with van der Waals surface area (Å²) in [6.45, 7) is 0.532. The average Bonchev–Trinajstić information content (AvgIpc) is 3.93. The summed E-state index contributed by atoms with van der Waals surface area (Å²) in [4.78, 5) is 88.0. The predicted octanol–water partition coefficient (Wildman–Crippen LogP) is 0.663. The summed E-state index contributed by atoms with van der Waals surface area (Å²) in [5.41, 5.74) is 5.10. The zero-order valence-corrected chi connectivity index (χ0v) is 36.6. The minimum atomic E-state index is -5.59. The van der Waals surface area contributed by atoms with Crippen molar-refractivity contribution in [2.75, 3.05) is 44.6 Å². The monoisotopic (exact) mass is 967 g/mol. The Labute approximate surface area is 361 Å². The minimum absolute atomic E-state index is 0.0252. The molecule has 1 aromatic carbocycles. The smallest absolute Gasteiger partial charge is 0.454 e. The van der Waals surface area contributed by atoms with Crippen LogP contribution in [0.3, 0.4) is 0 Å². The molecule has 7 atom stereocenters. The molecule has 0 saturated carbocycles. The minimum Gasteiger partial charge on any atom is -0.454 e. The number of carbonyl (C=O) groups excluding carboxylic acids is 3. The van der Waals surface area contributed by atoms with E-state index in [0.29, 0.717) is 11.5 Å². The number of nitrogens with two attached hydrogens (primary N) is 1. The number of aromatic nitrogens is 4. The van der Waals surface area contributed by atoms with E-state index in [1.807, 2.05) is 6.07 Å². The molecule has 2 aliphatic heterocycles. The molecule has 1 fully saturated rings. The number of allylic oxidation sites excluding steroid dienone is 2. The quantitative estimate of drug-likeness (QED) is 0.0289. The Balaban J connectivity index is 1.00. The van der Waals surface area contributed by atoms with Gasteiger partial charge in [-0.15, -0.1) is 0 Å². The zero-order chi connectivity index (χ0) is 46.2. The largest absolute Gasteiger partial charge is 0.481 e. The first kappa shape index (κ1) is 49.9. The van der Waals surface area contributed by atoms with Gasteiger partial charge in [-0.2, -0.15) is 4.31 Å². The number of nitrogen functional groups attached to an aromatic ring is 1. The van der Waals surface area contributed by atoms with Crippen molar-refractivity contribution in [1.29, 1.82) is 0 Å². The van der Waals surface area contributed by atoms with Crippen LogP contribution in [0.2, 0.25) is 0 Å². The van der Waals surface area contributed by atoms with Crippen LogP contribution in [0.5, 0.6) is 11.5 Å². The maximum Gasteiger partial charge on any atom is 0.481 e. The molecule has 3 aromatic rings. The Bertz CT molecular complexity index is 2350. The molecule has 30 heteroatoms. The zero-order valence-electron chi connectivity index (χ0n) is 33.1. The number of fused-ring (bicyclic) bond motifs is 2. The van der Waals surface area contributed by atoms with Crippen LogP contribution in [0.25, 0.3) is 17.2 Å². The van der Waals surface area contributed by atoms with Crippen molar-refractivity contribution >= 4 is 75.2 Å².